The summed E-state index contributed by atoms with van der Waals surface area (Å²) in [6.45, 7) is 2.13. The molecule has 3 heterocycles. The number of anilines is 2. The van der Waals surface area contributed by atoms with E-state index in [-0.39, 0.29) is 34.8 Å². The first-order valence-corrected chi connectivity index (χ1v) is 16.2. The summed E-state index contributed by atoms with van der Waals surface area (Å²) in [7, 11) is -6.99. The second-order valence-corrected chi connectivity index (χ2v) is 13.7. The van der Waals surface area contributed by atoms with E-state index in [0.717, 1.165) is 19.3 Å². The molecule has 1 saturated carbocycles. The predicted octanol–water partition coefficient (Wildman–Crippen LogP) is 4.91. The number of nitrogens with zero attached hydrogens (tertiary/aromatic N) is 3. The maximum Gasteiger partial charge on any atom is 0.348 e. The van der Waals surface area contributed by atoms with E-state index in [9.17, 15) is 23.6 Å². The molecule has 1 atom stereocenters. The molecule has 1 aliphatic carbocycles. The molecule has 5 N–H and O–H groups in total. The molecule has 0 bridgehead atoms. The summed E-state index contributed by atoms with van der Waals surface area (Å²) < 4.78 is 47.4. The average molecular weight is 566 g/mol. The van der Waals surface area contributed by atoms with E-state index in [2.05, 4.69) is 19.9 Å². The SMILES string of the molecule is CCOP1(=O)N=C(c2c(O)c(-c3ccsc3)nn(CCC3CC3)c2=O)Nc2ccc(NS(C)(O)O)cc21. The first-order valence-electron chi connectivity index (χ1n) is 11.7. The van der Waals surface area contributed by atoms with Crippen molar-refractivity contribution in [3.05, 3.63) is 50.9 Å². The van der Waals surface area contributed by atoms with E-state index < -0.39 is 23.9 Å². The van der Waals surface area contributed by atoms with Crippen LogP contribution in [0.5, 0.6) is 5.75 Å². The molecule has 0 amide bonds. The Morgan fingerprint density at radius 3 is 2.76 bits per heavy atom. The normalized spacial score (nSPS) is 19.6. The first-order chi connectivity index (χ1) is 17.6. The number of benzene rings is 1. The number of amidine groups is 1. The van der Waals surface area contributed by atoms with Gasteiger partial charge in [-0.1, -0.05) is 12.8 Å². The molecule has 3 aromatic rings. The predicted molar refractivity (Wildman–Crippen MR) is 149 cm³/mol. The molecule has 1 aromatic carbocycles. The molecule has 5 rings (SSSR count). The Kier molecular flexibility index (Phi) is 6.94. The van der Waals surface area contributed by atoms with Crippen LogP contribution in [0.4, 0.5) is 11.4 Å². The van der Waals surface area contributed by atoms with Gasteiger partial charge in [-0.05, 0) is 48.9 Å². The Morgan fingerprint density at radius 1 is 1.32 bits per heavy atom. The van der Waals surface area contributed by atoms with Crippen molar-refractivity contribution >= 4 is 52.1 Å². The van der Waals surface area contributed by atoms with Crippen LogP contribution in [0, 0.1) is 5.92 Å². The molecule has 198 valence electrons. The van der Waals surface area contributed by atoms with Crippen molar-refractivity contribution < 1.29 is 23.3 Å². The fraction of sp³-hybridized carbons (Fsp3) is 0.348. The topological polar surface area (TPSA) is 158 Å². The molecular formula is C23H28N5O6PS2. The van der Waals surface area contributed by atoms with Crippen molar-refractivity contribution in [3.63, 3.8) is 0 Å². The minimum atomic E-state index is -3.91. The van der Waals surface area contributed by atoms with Gasteiger partial charge in [0.25, 0.3) is 5.56 Å². The zero-order valence-corrected chi connectivity index (χ0v) is 22.8. The van der Waals surface area contributed by atoms with Gasteiger partial charge in [0.15, 0.2) is 11.6 Å². The van der Waals surface area contributed by atoms with Crippen molar-refractivity contribution in [2.45, 2.75) is 32.7 Å². The quantitative estimate of drug-likeness (QED) is 0.227. The van der Waals surface area contributed by atoms with Gasteiger partial charge < -0.3 is 14.9 Å². The highest BCUT2D eigenvalue weighted by atomic mass is 32.3. The third-order valence-electron chi connectivity index (χ3n) is 6.01. The van der Waals surface area contributed by atoms with Gasteiger partial charge in [-0.25, -0.2) is 4.68 Å². The molecule has 0 spiro atoms. The number of thiophene rings is 1. The molecular weight excluding hydrogens is 537 g/mol. The van der Waals surface area contributed by atoms with Crippen LogP contribution in [0.15, 0.2) is 44.6 Å². The molecule has 0 saturated heterocycles. The Labute approximate surface area is 219 Å². The fourth-order valence-corrected chi connectivity index (χ4v) is 7.13. The van der Waals surface area contributed by atoms with Crippen LogP contribution < -0.4 is 20.9 Å². The lowest BCUT2D eigenvalue weighted by Gasteiger charge is -2.30. The lowest BCUT2D eigenvalue weighted by molar-refractivity contribution is 0.341. The van der Waals surface area contributed by atoms with Gasteiger partial charge >= 0.3 is 7.52 Å². The second-order valence-electron chi connectivity index (χ2n) is 9.02. The molecule has 1 aliphatic heterocycles. The summed E-state index contributed by atoms with van der Waals surface area (Å²) in [5, 5.41) is 22.6. The number of hydrogen-bond acceptors (Lipinski definition) is 10. The van der Waals surface area contributed by atoms with Gasteiger partial charge in [0.05, 0.1) is 23.3 Å². The number of hydrogen-bond donors (Lipinski definition) is 5. The maximum absolute atomic E-state index is 14.0. The maximum atomic E-state index is 14.0. The molecule has 1 fully saturated rings. The number of fused-ring (bicyclic) bond motifs is 1. The Bertz CT molecular complexity index is 1460. The highest BCUT2D eigenvalue weighted by Gasteiger charge is 2.36. The molecule has 11 nitrogen and oxygen atoms in total. The molecule has 0 radical (unpaired) electrons. The zero-order valence-electron chi connectivity index (χ0n) is 20.2. The Balaban J connectivity index is 1.64. The summed E-state index contributed by atoms with van der Waals surface area (Å²) in [5.74, 6) is 0.128. The van der Waals surface area contributed by atoms with Gasteiger partial charge in [0.1, 0.15) is 11.3 Å². The van der Waals surface area contributed by atoms with Crippen LogP contribution >= 0.6 is 29.6 Å². The Morgan fingerprint density at radius 2 is 2.11 bits per heavy atom. The number of nitrogens with one attached hydrogen (secondary N) is 2. The lowest BCUT2D eigenvalue weighted by atomic mass is 10.1. The van der Waals surface area contributed by atoms with Crippen LogP contribution in [-0.2, 0) is 15.6 Å². The highest BCUT2D eigenvalue weighted by Crippen LogP contribution is 2.53. The summed E-state index contributed by atoms with van der Waals surface area (Å²) in [4.78, 5) is 13.6. The van der Waals surface area contributed by atoms with Gasteiger partial charge in [-0.15, -0.1) is 10.8 Å². The second kappa shape index (κ2) is 9.90. The smallest absolute Gasteiger partial charge is 0.348 e. The molecule has 37 heavy (non-hydrogen) atoms. The van der Waals surface area contributed by atoms with Crippen LogP contribution in [0.25, 0.3) is 11.3 Å². The lowest BCUT2D eigenvalue weighted by Crippen LogP contribution is -2.35. The van der Waals surface area contributed by atoms with Crippen molar-refractivity contribution in [1.29, 1.82) is 0 Å². The monoisotopic (exact) mass is 565 g/mol. The number of aromatic hydroxyl groups is 1. The molecule has 14 heteroatoms. The molecule has 1 unspecified atom stereocenters. The number of aromatic nitrogens is 2. The van der Waals surface area contributed by atoms with E-state index in [1.165, 1.54) is 28.3 Å². The third kappa shape index (κ3) is 5.47. The van der Waals surface area contributed by atoms with Crippen LogP contribution in [0.2, 0.25) is 0 Å². The summed E-state index contributed by atoms with van der Waals surface area (Å²) in [6.07, 6.45) is 4.29. The van der Waals surface area contributed by atoms with Crippen LogP contribution in [0.3, 0.4) is 0 Å². The Hall–Kier alpha value is -2.67. The third-order valence-corrected chi connectivity index (χ3v) is 9.37. The standard InChI is InChI=1S/C23H28N5O6PS2/c1-3-34-35(31)18-12-16(27-37(2,32)33)6-7-17(18)24-22(26-35)19-21(29)20(15-9-11-36-13-15)25-28(23(19)30)10-8-14-4-5-14/h6-7,9,11-14,27,29,32-33H,3-5,8,10H2,1-2H3,(H,24,26,31). The van der Waals surface area contributed by atoms with E-state index >= 15 is 0 Å². The van der Waals surface area contributed by atoms with Crippen molar-refractivity contribution in [2.24, 2.45) is 10.7 Å². The van der Waals surface area contributed by atoms with Crippen LogP contribution in [-0.4, -0.2) is 42.7 Å². The molecule has 2 aromatic heterocycles. The van der Waals surface area contributed by atoms with Crippen LogP contribution in [0.1, 0.15) is 31.7 Å². The minimum absolute atomic E-state index is 0.0716. The zero-order chi connectivity index (χ0) is 26.4. The van der Waals surface area contributed by atoms with Crippen molar-refractivity contribution in [2.75, 3.05) is 22.9 Å². The largest absolute Gasteiger partial charge is 0.505 e. The van der Waals surface area contributed by atoms with Gasteiger partial charge in [-0.3, -0.25) is 23.2 Å². The van der Waals surface area contributed by atoms with Crippen molar-refractivity contribution in [3.8, 4) is 17.0 Å². The molecule has 2 aliphatic rings. The van der Waals surface area contributed by atoms with E-state index in [1.807, 2.05) is 10.8 Å². The average Bonchev–Trinajstić information content (AvgIpc) is 3.49. The van der Waals surface area contributed by atoms with Gasteiger partial charge in [0, 0.05) is 23.7 Å². The minimum Gasteiger partial charge on any atom is -0.505 e. The summed E-state index contributed by atoms with van der Waals surface area (Å²) in [6, 6.07) is 6.41. The van der Waals surface area contributed by atoms with E-state index in [4.69, 9.17) is 4.52 Å². The van der Waals surface area contributed by atoms with Gasteiger partial charge in [0.2, 0.25) is 0 Å². The summed E-state index contributed by atoms with van der Waals surface area (Å²) >= 11 is 1.44. The van der Waals surface area contributed by atoms with Crippen molar-refractivity contribution in [1.82, 2.24) is 9.78 Å². The number of aryl methyl sites for hydroxylation is 1. The summed E-state index contributed by atoms with van der Waals surface area (Å²) in [5.41, 5.74) is 0.882. The van der Waals surface area contributed by atoms with Gasteiger partial charge in [-0.2, -0.15) is 21.2 Å². The van der Waals surface area contributed by atoms with E-state index in [1.54, 1.807) is 25.1 Å². The number of rotatable bonds is 9. The van der Waals surface area contributed by atoms with E-state index in [0.29, 0.717) is 29.4 Å². The fourth-order valence-electron chi connectivity index (χ4n) is 4.11. The highest BCUT2D eigenvalue weighted by molar-refractivity contribution is 8.24. The first kappa shape index (κ1) is 26.0.